The second kappa shape index (κ2) is 5.44. The lowest BCUT2D eigenvalue weighted by Gasteiger charge is -2.34. The van der Waals surface area contributed by atoms with Gasteiger partial charge in [-0.05, 0) is 19.1 Å². The third-order valence-corrected chi connectivity index (χ3v) is 5.69. The van der Waals surface area contributed by atoms with E-state index < -0.39 is 15.4 Å². The van der Waals surface area contributed by atoms with Crippen LogP contribution in [0, 0.1) is 0 Å². The van der Waals surface area contributed by atoms with Crippen LogP contribution in [-0.2, 0) is 9.84 Å². The lowest BCUT2D eigenvalue weighted by Crippen LogP contribution is -2.41. The second-order valence-electron chi connectivity index (χ2n) is 5.42. The average Bonchev–Trinajstić information content (AvgIpc) is 2.51. The first kappa shape index (κ1) is 15.7. The summed E-state index contributed by atoms with van der Waals surface area (Å²) in [5, 5.41) is 16.5. The topological polar surface area (TPSA) is 107 Å². The monoisotopic (exact) mass is 336 g/mol. The minimum absolute atomic E-state index is 0.0207. The Morgan fingerprint density at radius 3 is 2.74 bits per heavy atom. The van der Waals surface area contributed by atoms with Gasteiger partial charge in [-0.1, -0.05) is 12.1 Å². The SMILES string of the molecule is CC(CN1c2ccccc2S(=O)(=O)c2cn[nH]c(=O)c21)N(C)O. The van der Waals surface area contributed by atoms with Crippen molar-refractivity contribution in [1.82, 2.24) is 15.3 Å². The normalized spacial score (nSPS) is 16.8. The molecule has 0 spiro atoms. The number of anilines is 2. The minimum atomic E-state index is -3.81. The van der Waals surface area contributed by atoms with E-state index in [4.69, 9.17) is 0 Å². The van der Waals surface area contributed by atoms with Crippen LogP contribution in [0.25, 0.3) is 0 Å². The maximum Gasteiger partial charge on any atom is 0.289 e. The Kier molecular flexibility index (Phi) is 3.71. The highest BCUT2D eigenvalue weighted by molar-refractivity contribution is 7.92. The largest absolute Gasteiger partial charge is 0.333 e. The van der Waals surface area contributed by atoms with Crippen LogP contribution in [-0.4, -0.2) is 48.5 Å². The van der Waals surface area contributed by atoms with Crippen molar-refractivity contribution in [3.8, 4) is 0 Å². The average molecular weight is 336 g/mol. The summed E-state index contributed by atoms with van der Waals surface area (Å²) in [6.45, 7) is 2.00. The van der Waals surface area contributed by atoms with Crippen molar-refractivity contribution < 1.29 is 13.6 Å². The summed E-state index contributed by atoms with van der Waals surface area (Å²) in [7, 11) is -2.32. The fraction of sp³-hybridized carbons (Fsp3) is 0.286. The van der Waals surface area contributed by atoms with Crippen molar-refractivity contribution in [1.29, 1.82) is 0 Å². The highest BCUT2D eigenvalue weighted by Crippen LogP contribution is 2.41. The van der Waals surface area contributed by atoms with Crippen LogP contribution in [0.1, 0.15) is 6.92 Å². The number of rotatable bonds is 3. The molecule has 2 aromatic rings. The summed E-state index contributed by atoms with van der Waals surface area (Å²) < 4.78 is 25.5. The van der Waals surface area contributed by atoms with Crippen molar-refractivity contribution in [2.75, 3.05) is 18.5 Å². The van der Waals surface area contributed by atoms with Crippen LogP contribution >= 0.6 is 0 Å². The number of para-hydroxylation sites is 1. The van der Waals surface area contributed by atoms with E-state index in [-0.39, 0.29) is 28.1 Å². The van der Waals surface area contributed by atoms with Gasteiger partial charge >= 0.3 is 0 Å². The molecule has 122 valence electrons. The summed E-state index contributed by atoms with van der Waals surface area (Å²) in [5.41, 5.74) is -0.161. The minimum Gasteiger partial charge on any atom is -0.333 e. The molecule has 1 unspecified atom stereocenters. The molecule has 0 amide bonds. The van der Waals surface area contributed by atoms with Crippen molar-refractivity contribution in [3.63, 3.8) is 0 Å². The molecule has 3 rings (SSSR count). The Balaban J connectivity index is 2.28. The van der Waals surface area contributed by atoms with Gasteiger partial charge in [0.25, 0.3) is 5.56 Å². The highest BCUT2D eigenvalue weighted by atomic mass is 32.2. The zero-order valence-electron chi connectivity index (χ0n) is 12.6. The number of H-pyrrole nitrogens is 1. The van der Waals surface area contributed by atoms with Gasteiger partial charge in [-0.15, -0.1) is 0 Å². The van der Waals surface area contributed by atoms with Crippen LogP contribution < -0.4 is 10.5 Å². The third-order valence-electron chi connectivity index (χ3n) is 3.89. The van der Waals surface area contributed by atoms with Gasteiger partial charge in [0.1, 0.15) is 10.6 Å². The molecule has 2 heterocycles. The number of fused-ring (bicyclic) bond motifs is 2. The van der Waals surface area contributed by atoms with E-state index in [2.05, 4.69) is 10.2 Å². The van der Waals surface area contributed by atoms with Gasteiger partial charge in [0.15, 0.2) is 0 Å². The highest BCUT2D eigenvalue weighted by Gasteiger charge is 2.36. The summed E-state index contributed by atoms with van der Waals surface area (Å²) in [6, 6.07) is 6.13. The molecule has 0 saturated heterocycles. The van der Waals surface area contributed by atoms with Crippen molar-refractivity contribution in [3.05, 3.63) is 40.8 Å². The predicted molar refractivity (Wildman–Crippen MR) is 82.8 cm³/mol. The standard InChI is InChI=1S/C14H16N4O4S/c1-9(17(2)20)8-18-10-5-3-4-6-11(10)23(21,22)12-7-15-16-14(19)13(12)18/h3-7,9,20H,8H2,1-2H3,(H,16,19). The molecule has 2 N–H and O–H groups in total. The molecule has 1 aliphatic heterocycles. The Morgan fingerprint density at radius 2 is 2.04 bits per heavy atom. The number of hydroxylamine groups is 2. The number of aromatic amines is 1. The molecule has 0 fully saturated rings. The molecule has 1 aromatic carbocycles. The Labute approximate surface area is 132 Å². The summed E-state index contributed by atoms with van der Waals surface area (Å²) in [4.78, 5) is 13.8. The Bertz CT molecular complexity index is 907. The smallest absolute Gasteiger partial charge is 0.289 e. The number of nitrogens with zero attached hydrogens (tertiary/aromatic N) is 3. The maximum absolute atomic E-state index is 12.7. The fourth-order valence-electron chi connectivity index (χ4n) is 2.55. The Hall–Kier alpha value is -2.23. The van der Waals surface area contributed by atoms with Gasteiger partial charge < -0.3 is 10.1 Å². The van der Waals surface area contributed by atoms with Gasteiger partial charge in [-0.3, -0.25) is 4.79 Å². The zero-order chi connectivity index (χ0) is 16.8. The summed E-state index contributed by atoms with van der Waals surface area (Å²) in [5.74, 6) is 0. The third kappa shape index (κ3) is 2.42. The lowest BCUT2D eigenvalue weighted by molar-refractivity contribution is -0.0936. The van der Waals surface area contributed by atoms with Gasteiger partial charge in [0, 0.05) is 19.6 Å². The molecule has 0 aliphatic carbocycles. The van der Waals surface area contributed by atoms with E-state index in [1.807, 2.05) is 0 Å². The zero-order valence-corrected chi connectivity index (χ0v) is 13.4. The maximum atomic E-state index is 12.7. The molecule has 0 saturated carbocycles. The number of aromatic nitrogens is 2. The van der Waals surface area contributed by atoms with E-state index in [0.717, 1.165) is 11.3 Å². The molecule has 1 aliphatic rings. The number of nitrogens with one attached hydrogen (secondary N) is 1. The van der Waals surface area contributed by atoms with E-state index in [1.54, 1.807) is 30.0 Å². The number of likely N-dealkylation sites (N-methyl/N-ethyl adjacent to an activating group) is 1. The fourth-order valence-corrected chi connectivity index (χ4v) is 4.14. The van der Waals surface area contributed by atoms with E-state index in [9.17, 15) is 18.4 Å². The Morgan fingerprint density at radius 1 is 1.35 bits per heavy atom. The number of hydrogen-bond donors (Lipinski definition) is 2. The number of benzene rings is 1. The molecule has 1 atom stereocenters. The first-order valence-corrected chi connectivity index (χ1v) is 8.43. The predicted octanol–water partition coefficient (Wildman–Crippen LogP) is 0.764. The lowest BCUT2D eigenvalue weighted by atomic mass is 10.2. The molecule has 9 heteroatoms. The second-order valence-corrected chi connectivity index (χ2v) is 7.30. The van der Waals surface area contributed by atoms with Gasteiger partial charge in [-0.25, -0.2) is 13.5 Å². The van der Waals surface area contributed by atoms with Crippen molar-refractivity contribution >= 4 is 21.2 Å². The molecule has 0 bridgehead atoms. The van der Waals surface area contributed by atoms with Gasteiger partial charge in [0.2, 0.25) is 9.84 Å². The first-order valence-electron chi connectivity index (χ1n) is 6.95. The molecular formula is C14H16N4O4S. The van der Waals surface area contributed by atoms with Gasteiger partial charge in [-0.2, -0.15) is 10.2 Å². The quantitative estimate of drug-likeness (QED) is 0.797. The van der Waals surface area contributed by atoms with E-state index >= 15 is 0 Å². The summed E-state index contributed by atoms with van der Waals surface area (Å²) in [6.07, 6.45) is 1.14. The molecule has 8 nitrogen and oxygen atoms in total. The number of hydrogen-bond acceptors (Lipinski definition) is 7. The van der Waals surface area contributed by atoms with E-state index in [1.165, 1.54) is 13.1 Å². The van der Waals surface area contributed by atoms with Gasteiger partial charge in [0.05, 0.1) is 16.8 Å². The van der Waals surface area contributed by atoms with Crippen LogP contribution in [0.2, 0.25) is 0 Å². The van der Waals surface area contributed by atoms with E-state index in [0.29, 0.717) is 5.69 Å². The molecule has 1 aromatic heterocycles. The number of sulfone groups is 1. The summed E-state index contributed by atoms with van der Waals surface area (Å²) >= 11 is 0. The molecule has 23 heavy (non-hydrogen) atoms. The van der Waals surface area contributed by atoms with Crippen molar-refractivity contribution in [2.45, 2.75) is 22.8 Å². The first-order chi connectivity index (χ1) is 10.8. The van der Waals surface area contributed by atoms with Crippen LogP contribution in [0.4, 0.5) is 11.4 Å². The van der Waals surface area contributed by atoms with Crippen molar-refractivity contribution in [2.24, 2.45) is 0 Å². The van der Waals surface area contributed by atoms with Crippen LogP contribution in [0.3, 0.4) is 0 Å². The van der Waals surface area contributed by atoms with Crippen LogP contribution in [0.15, 0.2) is 45.0 Å². The molecule has 0 radical (unpaired) electrons. The molecular weight excluding hydrogens is 320 g/mol. The van der Waals surface area contributed by atoms with Crippen LogP contribution in [0.5, 0.6) is 0 Å².